The maximum atomic E-state index is 14.0. The number of hydrogen-bond acceptors (Lipinski definition) is 5. The van der Waals surface area contributed by atoms with E-state index < -0.39 is 4.92 Å². The lowest BCUT2D eigenvalue weighted by Crippen LogP contribution is -2.57. The fourth-order valence-electron chi connectivity index (χ4n) is 7.41. The number of nitro groups is 1. The van der Waals surface area contributed by atoms with Crippen LogP contribution in [0.25, 0.3) is 0 Å². The Balaban J connectivity index is 1.16. The number of aromatic nitrogens is 4. The number of carbonyl (C=O) groups excluding carboxylic acids is 1. The topological polar surface area (TPSA) is 108 Å². The van der Waals surface area contributed by atoms with Crippen molar-refractivity contribution in [3.05, 3.63) is 70.5 Å². The molecule has 2 atom stereocenters. The molecule has 182 valence electrons. The zero-order chi connectivity index (χ0) is 24.2. The average Bonchev–Trinajstić information content (AvgIpc) is 3.44. The van der Waals surface area contributed by atoms with Gasteiger partial charge in [0.05, 0.1) is 28.9 Å². The molecular weight excluding hydrogens is 451 g/mol. The van der Waals surface area contributed by atoms with Gasteiger partial charge in [0.25, 0.3) is 0 Å². The molecule has 4 aliphatic rings. The molecule has 10 heteroatoms. The molecule has 7 rings (SSSR count). The minimum Gasteiger partial charge on any atom is -0.323 e. The number of carbonyl (C=O) groups is 1. The van der Waals surface area contributed by atoms with Crippen LogP contribution in [-0.2, 0) is 16.9 Å². The summed E-state index contributed by atoms with van der Waals surface area (Å²) in [6, 6.07) is 6.56. The van der Waals surface area contributed by atoms with Crippen LogP contribution in [0, 0.1) is 33.2 Å². The third-order valence-corrected chi connectivity index (χ3v) is 8.16. The van der Waals surface area contributed by atoms with Gasteiger partial charge in [-0.05, 0) is 61.8 Å². The van der Waals surface area contributed by atoms with Gasteiger partial charge in [0.15, 0.2) is 0 Å². The summed E-state index contributed by atoms with van der Waals surface area (Å²) >= 11 is 0. The maximum absolute atomic E-state index is 14.0. The number of nitrogens with zero attached hydrogens (tertiary/aromatic N) is 5. The Morgan fingerprint density at radius 1 is 1.14 bits per heavy atom. The van der Waals surface area contributed by atoms with Gasteiger partial charge < -0.3 is 5.32 Å². The molecule has 9 nitrogen and oxygen atoms in total. The van der Waals surface area contributed by atoms with Gasteiger partial charge in [-0.15, -0.1) is 0 Å². The van der Waals surface area contributed by atoms with E-state index in [1.54, 1.807) is 41.5 Å². The molecule has 4 saturated carbocycles. The Morgan fingerprint density at radius 3 is 2.63 bits per heavy atom. The van der Waals surface area contributed by atoms with Crippen LogP contribution in [-0.4, -0.2) is 30.4 Å². The number of rotatable bonds is 7. The zero-order valence-corrected chi connectivity index (χ0v) is 19.3. The summed E-state index contributed by atoms with van der Waals surface area (Å²) in [5.74, 6) is 0.678. The second kappa shape index (κ2) is 8.00. The van der Waals surface area contributed by atoms with Gasteiger partial charge in [0, 0.05) is 18.2 Å². The third-order valence-electron chi connectivity index (χ3n) is 8.16. The van der Waals surface area contributed by atoms with Gasteiger partial charge in [-0.1, -0.05) is 18.2 Å². The molecule has 4 aliphatic carbocycles. The van der Waals surface area contributed by atoms with E-state index in [9.17, 15) is 19.3 Å². The van der Waals surface area contributed by atoms with E-state index in [1.807, 2.05) is 4.68 Å². The summed E-state index contributed by atoms with van der Waals surface area (Å²) in [7, 11) is 0. The van der Waals surface area contributed by atoms with Crippen molar-refractivity contribution in [2.75, 3.05) is 5.32 Å². The van der Waals surface area contributed by atoms with Crippen LogP contribution < -0.4 is 5.32 Å². The third kappa shape index (κ3) is 4.00. The highest BCUT2D eigenvalue weighted by Crippen LogP contribution is 2.65. The fourth-order valence-corrected chi connectivity index (χ4v) is 7.41. The minimum atomic E-state index is -0.403. The van der Waals surface area contributed by atoms with Gasteiger partial charge in [0.1, 0.15) is 18.2 Å². The predicted octanol–water partition coefficient (Wildman–Crippen LogP) is 4.50. The van der Waals surface area contributed by atoms with Crippen LogP contribution >= 0.6 is 0 Å². The molecular formula is C25H27FN6O3. The van der Waals surface area contributed by atoms with Crippen LogP contribution in [0.15, 0.2) is 49.1 Å². The van der Waals surface area contributed by atoms with E-state index in [1.165, 1.54) is 12.3 Å². The molecule has 1 amide bonds. The molecule has 3 aromatic rings. The summed E-state index contributed by atoms with van der Waals surface area (Å²) in [4.78, 5) is 23.9. The zero-order valence-electron chi connectivity index (χ0n) is 19.3. The van der Waals surface area contributed by atoms with E-state index in [-0.39, 0.29) is 34.9 Å². The summed E-state index contributed by atoms with van der Waals surface area (Å²) < 4.78 is 17.4. The van der Waals surface area contributed by atoms with Crippen LogP contribution in [0.3, 0.4) is 0 Å². The van der Waals surface area contributed by atoms with Gasteiger partial charge in [-0.3, -0.25) is 24.3 Å². The van der Waals surface area contributed by atoms with Crippen molar-refractivity contribution in [3.8, 4) is 0 Å². The number of amides is 1. The lowest BCUT2D eigenvalue weighted by atomic mass is 9.46. The van der Waals surface area contributed by atoms with Gasteiger partial charge in [-0.2, -0.15) is 10.2 Å². The molecule has 4 fully saturated rings. The molecule has 0 saturated heterocycles. The molecule has 1 aromatic carbocycles. The van der Waals surface area contributed by atoms with E-state index >= 15 is 0 Å². The van der Waals surface area contributed by atoms with E-state index in [2.05, 4.69) is 15.5 Å². The molecule has 4 bridgehead atoms. The Bertz CT molecular complexity index is 1290. The van der Waals surface area contributed by atoms with Crippen molar-refractivity contribution in [3.63, 3.8) is 0 Å². The Kier molecular flexibility index (Phi) is 5.01. The molecule has 35 heavy (non-hydrogen) atoms. The minimum absolute atomic E-state index is 0.0138. The first-order chi connectivity index (χ1) is 16.8. The number of nitrogens with one attached hydrogen (secondary N) is 1. The number of anilines is 1. The van der Waals surface area contributed by atoms with Crippen molar-refractivity contribution in [2.45, 2.75) is 57.0 Å². The highest BCUT2D eigenvalue weighted by molar-refractivity contribution is 5.90. The van der Waals surface area contributed by atoms with Crippen LogP contribution in [0.2, 0.25) is 0 Å². The van der Waals surface area contributed by atoms with Crippen molar-refractivity contribution < 1.29 is 14.1 Å². The second-order valence-electron chi connectivity index (χ2n) is 10.8. The number of hydrogen-bond donors (Lipinski definition) is 1. The quantitative estimate of drug-likeness (QED) is 0.397. The van der Waals surface area contributed by atoms with Gasteiger partial charge in [-0.25, -0.2) is 4.39 Å². The molecule has 0 aliphatic heterocycles. The normalized spacial score (nSPS) is 28.8. The standard InChI is InChI=1S/C25H27FN6O3/c26-22-4-2-1-3-19(22)13-30-14-20(11-27-30)29-23(33)10-24-6-17-5-18(7-24)9-25(8-17,16-24)31-15-21(12-28-31)32(34)35/h1-4,11-12,14-15,17-18H,5-10,13,16H2,(H,29,33). The molecule has 0 spiro atoms. The molecule has 0 radical (unpaired) electrons. The van der Waals surface area contributed by atoms with Gasteiger partial charge in [0.2, 0.25) is 5.91 Å². The van der Waals surface area contributed by atoms with E-state index in [4.69, 9.17) is 0 Å². The predicted molar refractivity (Wildman–Crippen MR) is 125 cm³/mol. The smallest absolute Gasteiger partial charge is 0.307 e. The molecule has 1 N–H and O–H groups in total. The lowest BCUT2D eigenvalue weighted by Gasteiger charge is -2.61. The highest BCUT2D eigenvalue weighted by atomic mass is 19.1. The van der Waals surface area contributed by atoms with Crippen LogP contribution in [0.1, 0.15) is 50.5 Å². The summed E-state index contributed by atoms with van der Waals surface area (Å²) in [6.07, 6.45) is 12.5. The van der Waals surface area contributed by atoms with Crippen molar-refractivity contribution in [1.29, 1.82) is 0 Å². The first kappa shape index (κ1) is 21.9. The summed E-state index contributed by atoms with van der Waals surface area (Å²) in [5, 5.41) is 22.9. The lowest BCUT2D eigenvalue weighted by molar-refractivity contribution is -0.385. The molecule has 2 heterocycles. The summed E-state index contributed by atoms with van der Waals surface area (Å²) in [6.45, 7) is 0.286. The number of benzene rings is 1. The Hall–Kier alpha value is -3.56. The number of halogens is 1. The monoisotopic (exact) mass is 478 g/mol. The Morgan fingerprint density at radius 2 is 1.91 bits per heavy atom. The van der Waals surface area contributed by atoms with Crippen molar-refractivity contribution in [2.24, 2.45) is 17.3 Å². The maximum Gasteiger partial charge on any atom is 0.307 e. The largest absolute Gasteiger partial charge is 0.323 e. The average molecular weight is 479 g/mol. The van der Waals surface area contributed by atoms with E-state index in [0.29, 0.717) is 29.5 Å². The van der Waals surface area contributed by atoms with E-state index in [0.717, 1.165) is 38.5 Å². The first-order valence-corrected chi connectivity index (χ1v) is 12.1. The second-order valence-corrected chi connectivity index (χ2v) is 10.8. The molecule has 2 unspecified atom stereocenters. The Labute approximate surface area is 201 Å². The molecule has 2 aromatic heterocycles. The summed E-state index contributed by atoms with van der Waals surface area (Å²) in [5.41, 5.74) is 0.765. The first-order valence-electron chi connectivity index (χ1n) is 12.1. The fraction of sp³-hybridized carbons (Fsp3) is 0.480. The van der Waals surface area contributed by atoms with Gasteiger partial charge >= 0.3 is 5.69 Å². The van der Waals surface area contributed by atoms with Crippen molar-refractivity contribution in [1.82, 2.24) is 19.6 Å². The van der Waals surface area contributed by atoms with Crippen LogP contribution in [0.4, 0.5) is 15.8 Å². The highest BCUT2D eigenvalue weighted by Gasteiger charge is 2.59. The van der Waals surface area contributed by atoms with Crippen LogP contribution in [0.5, 0.6) is 0 Å². The van der Waals surface area contributed by atoms with Crippen molar-refractivity contribution >= 4 is 17.3 Å². The SMILES string of the molecule is O=C(CC12CC3CC(C1)CC(n1cc([N+](=O)[O-])cn1)(C3)C2)Nc1cnn(Cc2ccccc2F)c1.